The van der Waals surface area contributed by atoms with E-state index in [4.69, 9.17) is 24.7 Å². The molecular formula is C13H28N2O4. The molecule has 0 aliphatic carbocycles. The van der Waals surface area contributed by atoms with Crippen molar-refractivity contribution in [2.75, 3.05) is 66.4 Å². The first-order valence-electron chi connectivity index (χ1n) is 6.98. The van der Waals surface area contributed by atoms with Gasteiger partial charge in [0.25, 0.3) is 0 Å². The molecule has 0 radical (unpaired) electrons. The summed E-state index contributed by atoms with van der Waals surface area (Å²) in [6.07, 6.45) is 0.145. The Morgan fingerprint density at radius 1 is 1.21 bits per heavy atom. The summed E-state index contributed by atoms with van der Waals surface area (Å²) in [6, 6.07) is 0.0814. The summed E-state index contributed by atoms with van der Waals surface area (Å²) in [5.74, 6) is 0. The quantitative estimate of drug-likeness (QED) is 0.553. The van der Waals surface area contributed by atoms with E-state index < -0.39 is 0 Å². The van der Waals surface area contributed by atoms with E-state index in [1.165, 1.54) is 0 Å². The van der Waals surface area contributed by atoms with Gasteiger partial charge in [0.1, 0.15) is 0 Å². The van der Waals surface area contributed by atoms with Crippen LogP contribution in [0.2, 0.25) is 0 Å². The van der Waals surface area contributed by atoms with Crippen LogP contribution in [0.25, 0.3) is 0 Å². The molecule has 0 aromatic carbocycles. The lowest BCUT2D eigenvalue weighted by atomic mass is 10.1. The summed E-state index contributed by atoms with van der Waals surface area (Å²) >= 11 is 0. The Hall–Kier alpha value is -0.240. The molecule has 0 aromatic heterocycles. The van der Waals surface area contributed by atoms with Gasteiger partial charge in [0.15, 0.2) is 0 Å². The second kappa shape index (κ2) is 10.5. The van der Waals surface area contributed by atoms with Gasteiger partial charge >= 0.3 is 0 Å². The monoisotopic (exact) mass is 276 g/mol. The molecular weight excluding hydrogens is 248 g/mol. The molecule has 1 aliphatic rings. The van der Waals surface area contributed by atoms with Crippen LogP contribution in [-0.2, 0) is 18.9 Å². The van der Waals surface area contributed by atoms with Crippen molar-refractivity contribution in [1.29, 1.82) is 0 Å². The molecule has 0 saturated carbocycles. The van der Waals surface area contributed by atoms with Crippen LogP contribution in [0.1, 0.15) is 6.92 Å². The summed E-state index contributed by atoms with van der Waals surface area (Å²) in [5.41, 5.74) is 5.85. The van der Waals surface area contributed by atoms with Gasteiger partial charge in [0.2, 0.25) is 0 Å². The fourth-order valence-corrected chi connectivity index (χ4v) is 1.91. The maximum absolute atomic E-state index is 5.85. The lowest BCUT2D eigenvalue weighted by Crippen LogP contribution is -2.50. The predicted octanol–water partition coefficient (Wildman–Crippen LogP) is -0.286. The number of nitrogens with zero attached hydrogens (tertiary/aromatic N) is 1. The lowest BCUT2D eigenvalue weighted by Gasteiger charge is -2.34. The first kappa shape index (κ1) is 16.8. The van der Waals surface area contributed by atoms with Crippen LogP contribution in [0.3, 0.4) is 0 Å². The van der Waals surface area contributed by atoms with Crippen molar-refractivity contribution in [2.45, 2.75) is 19.1 Å². The molecule has 6 heteroatoms. The molecule has 0 amide bonds. The fraction of sp³-hybridized carbons (Fsp3) is 1.00. The molecule has 2 N–H and O–H groups in total. The normalized spacial score (nSPS) is 22.6. The Morgan fingerprint density at radius 2 is 1.89 bits per heavy atom. The third-order valence-corrected chi connectivity index (χ3v) is 3.12. The number of hydrogen-bond acceptors (Lipinski definition) is 6. The van der Waals surface area contributed by atoms with Crippen LogP contribution < -0.4 is 5.73 Å². The van der Waals surface area contributed by atoms with Crippen LogP contribution in [0.15, 0.2) is 0 Å². The zero-order chi connectivity index (χ0) is 13.9. The van der Waals surface area contributed by atoms with Crippen molar-refractivity contribution in [2.24, 2.45) is 5.73 Å². The molecule has 19 heavy (non-hydrogen) atoms. The van der Waals surface area contributed by atoms with Crippen molar-refractivity contribution >= 4 is 0 Å². The topological polar surface area (TPSA) is 66.2 Å². The van der Waals surface area contributed by atoms with E-state index in [0.29, 0.717) is 26.4 Å². The van der Waals surface area contributed by atoms with Crippen molar-refractivity contribution < 1.29 is 18.9 Å². The van der Waals surface area contributed by atoms with Gasteiger partial charge in [-0.2, -0.15) is 0 Å². The highest BCUT2D eigenvalue weighted by Gasteiger charge is 2.22. The van der Waals surface area contributed by atoms with E-state index >= 15 is 0 Å². The molecule has 2 atom stereocenters. The van der Waals surface area contributed by atoms with Crippen LogP contribution >= 0.6 is 0 Å². The summed E-state index contributed by atoms with van der Waals surface area (Å²) < 4.78 is 21.3. The second-order valence-corrected chi connectivity index (χ2v) is 4.79. The average Bonchev–Trinajstić information content (AvgIpc) is 2.42. The molecule has 1 aliphatic heterocycles. The fourth-order valence-electron chi connectivity index (χ4n) is 1.91. The Morgan fingerprint density at radius 3 is 2.58 bits per heavy atom. The van der Waals surface area contributed by atoms with Gasteiger partial charge < -0.3 is 24.7 Å². The minimum Gasteiger partial charge on any atom is -0.382 e. The zero-order valence-electron chi connectivity index (χ0n) is 12.2. The van der Waals surface area contributed by atoms with E-state index in [1.807, 2.05) is 6.92 Å². The summed E-state index contributed by atoms with van der Waals surface area (Å²) in [6.45, 7) is 8.74. The smallest absolute Gasteiger partial charge is 0.0850 e. The molecule has 0 spiro atoms. The SMILES string of the molecule is COCCOCCOCCN1CCOC(C(C)N)C1. The maximum atomic E-state index is 5.85. The van der Waals surface area contributed by atoms with Gasteiger partial charge in [-0.05, 0) is 6.92 Å². The molecule has 1 saturated heterocycles. The van der Waals surface area contributed by atoms with Crippen LogP contribution in [0.4, 0.5) is 0 Å². The Balaban J connectivity index is 1.94. The van der Waals surface area contributed by atoms with E-state index in [2.05, 4.69) is 4.90 Å². The third-order valence-electron chi connectivity index (χ3n) is 3.12. The lowest BCUT2D eigenvalue weighted by molar-refractivity contribution is -0.0470. The van der Waals surface area contributed by atoms with E-state index in [1.54, 1.807) is 7.11 Å². The van der Waals surface area contributed by atoms with Gasteiger partial charge in [-0.3, -0.25) is 4.90 Å². The molecule has 0 bridgehead atoms. The first-order valence-corrected chi connectivity index (χ1v) is 6.98. The van der Waals surface area contributed by atoms with Gasteiger partial charge in [0, 0.05) is 32.8 Å². The average molecular weight is 276 g/mol. The van der Waals surface area contributed by atoms with E-state index in [9.17, 15) is 0 Å². The predicted molar refractivity (Wildman–Crippen MR) is 73.3 cm³/mol. The number of methoxy groups -OCH3 is 1. The molecule has 6 nitrogen and oxygen atoms in total. The largest absolute Gasteiger partial charge is 0.382 e. The second-order valence-electron chi connectivity index (χ2n) is 4.79. The molecule has 1 fully saturated rings. The van der Waals surface area contributed by atoms with Crippen molar-refractivity contribution in [1.82, 2.24) is 4.90 Å². The first-order chi connectivity index (χ1) is 9.24. The van der Waals surface area contributed by atoms with E-state index in [-0.39, 0.29) is 12.1 Å². The van der Waals surface area contributed by atoms with E-state index in [0.717, 1.165) is 32.8 Å². The highest BCUT2D eigenvalue weighted by atomic mass is 16.5. The third kappa shape index (κ3) is 7.81. The van der Waals surface area contributed by atoms with Crippen LogP contribution in [0, 0.1) is 0 Å². The van der Waals surface area contributed by atoms with Gasteiger partial charge in [-0.25, -0.2) is 0 Å². The standard InChI is InChI=1S/C13H28N2O4/c1-12(14)13-11-15(4-6-19-13)3-5-17-9-10-18-8-7-16-2/h12-13H,3-11,14H2,1-2H3. The molecule has 1 heterocycles. The Bertz CT molecular complexity index is 217. The van der Waals surface area contributed by atoms with Crippen molar-refractivity contribution in [3.8, 4) is 0 Å². The summed E-state index contributed by atoms with van der Waals surface area (Å²) in [4.78, 5) is 2.34. The molecule has 1 rings (SSSR count). The number of hydrogen-bond donors (Lipinski definition) is 1. The number of nitrogens with two attached hydrogens (primary N) is 1. The number of morpholine rings is 1. The highest BCUT2D eigenvalue weighted by Crippen LogP contribution is 2.07. The van der Waals surface area contributed by atoms with Gasteiger partial charge in [-0.1, -0.05) is 0 Å². The number of ether oxygens (including phenoxy) is 4. The summed E-state index contributed by atoms with van der Waals surface area (Å²) in [7, 11) is 1.66. The van der Waals surface area contributed by atoms with Gasteiger partial charge in [-0.15, -0.1) is 0 Å². The Kier molecular flexibility index (Phi) is 9.32. The zero-order valence-corrected chi connectivity index (χ0v) is 12.2. The Labute approximate surface area is 116 Å². The summed E-state index contributed by atoms with van der Waals surface area (Å²) in [5, 5.41) is 0. The maximum Gasteiger partial charge on any atom is 0.0850 e. The van der Waals surface area contributed by atoms with Crippen LogP contribution in [-0.4, -0.2) is 83.4 Å². The van der Waals surface area contributed by atoms with Crippen LogP contribution in [0.5, 0.6) is 0 Å². The van der Waals surface area contributed by atoms with Crippen molar-refractivity contribution in [3.05, 3.63) is 0 Å². The van der Waals surface area contributed by atoms with Crippen molar-refractivity contribution in [3.63, 3.8) is 0 Å². The molecule has 2 unspecified atom stereocenters. The highest BCUT2D eigenvalue weighted by molar-refractivity contribution is 4.77. The number of rotatable bonds is 10. The minimum atomic E-state index is 0.0814. The molecule has 0 aromatic rings. The van der Waals surface area contributed by atoms with Gasteiger partial charge in [0.05, 0.1) is 45.7 Å². The minimum absolute atomic E-state index is 0.0814. The molecule has 114 valence electrons.